The van der Waals surface area contributed by atoms with Crippen molar-refractivity contribution in [2.75, 3.05) is 5.32 Å². The molecule has 2 heterocycles. The maximum absolute atomic E-state index is 14.7. The second-order valence-electron chi connectivity index (χ2n) is 7.78. The monoisotopic (exact) mass is 474 g/mol. The number of aryl methyl sites for hydroxylation is 1. The zero-order valence-electron chi connectivity index (χ0n) is 18.3. The van der Waals surface area contributed by atoms with Gasteiger partial charge < -0.3 is 4.74 Å². The van der Waals surface area contributed by atoms with E-state index >= 15 is 0 Å². The number of fused-ring (bicyclic) bond motifs is 3. The summed E-state index contributed by atoms with van der Waals surface area (Å²) >= 11 is 6.30. The molecular formula is C26H20ClFN4O2. The van der Waals surface area contributed by atoms with E-state index in [2.05, 4.69) is 10.3 Å². The van der Waals surface area contributed by atoms with Gasteiger partial charge in [0, 0.05) is 16.1 Å². The van der Waals surface area contributed by atoms with Crippen LogP contribution in [0.5, 0.6) is 0 Å². The average molecular weight is 475 g/mol. The molecule has 4 aromatic rings. The van der Waals surface area contributed by atoms with Gasteiger partial charge in [-0.15, -0.1) is 0 Å². The number of rotatable bonds is 4. The maximum Gasteiger partial charge on any atom is 0.413 e. The Hall–Kier alpha value is -3.97. The summed E-state index contributed by atoms with van der Waals surface area (Å²) in [5.74, 6) is 0.605. The number of imidazole rings is 1. The predicted octanol–water partition coefficient (Wildman–Crippen LogP) is 6.07. The highest BCUT2D eigenvalue weighted by molar-refractivity contribution is 6.31. The summed E-state index contributed by atoms with van der Waals surface area (Å²) < 4.78 is 22.0. The molecule has 1 amide bonds. The largest absolute Gasteiger partial charge is 0.444 e. The van der Waals surface area contributed by atoms with E-state index in [0.717, 1.165) is 11.3 Å². The lowest BCUT2D eigenvalue weighted by Crippen LogP contribution is -2.15. The minimum Gasteiger partial charge on any atom is -0.444 e. The molecule has 0 bridgehead atoms. The molecule has 170 valence electrons. The van der Waals surface area contributed by atoms with Crippen LogP contribution in [0.3, 0.4) is 0 Å². The van der Waals surface area contributed by atoms with Gasteiger partial charge in [-0.1, -0.05) is 54.1 Å². The molecule has 0 radical (unpaired) electrons. The van der Waals surface area contributed by atoms with Crippen molar-refractivity contribution in [2.24, 2.45) is 4.99 Å². The van der Waals surface area contributed by atoms with E-state index in [1.54, 1.807) is 30.3 Å². The summed E-state index contributed by atoms with van der Waals surface area (Å²) in [5, 5.41) is 3.24. The van der Waals surface area contributed by atoms with Crippen LogP contribution < -0.4 is 5.32 Å². The molecule has 0 fully saturated rings. The second-order valence-corrected chi connectivity index (χ2v) is 8.22. The number of aliphatic imine (C=N–C) groups is 1. The van der Waals surface area contributed by atoms with Crippen molar-refractivity contribution < 1.29 is 13.9 Å². The van der Waals surface area contributed by atoms with Gasteiger partial charge in [-0.05, 0) is 42.8 Å². The fourth-order valence-electron chi connectivity index (χ4n) is 4.01. The first-order valence-electron chi connectivity index (χ1n) is 10.7. The molecule has 3 aromatic carbocycles. The first-order chi connectivity index (χ1) is 16.5. The molecule has 6 nitrogen and oxygen atoms in total. The highest BCUT2D eigenvalue weighted by Gasteiger charge is 2.26. The van der Waals surface area contributed by atoms with E-state index in [1.165, 1.54) is 6.07 Å². The zero-order chi connectivity index (χ0) is 23.7. The quantitative estimate of drug-likeness (QED) is 0.390. The fourth-order valence-corrected chi connectivity index (χ4v) is 4.19. The fraction of sp³-hybridized carbons (Fsp3) is 0.115. The van der Waals surface area contributed by atoms with Crippen LogP contribution in [0.4, 0.5) is 15.0 Å². The Kier molecular flexibility index (Phi) is 5.86. The van der Waals surface area contributed by atoms with Gasteiger partial charge in [-0.25, -0.2) is 14.2 Å². The molecule has 8 heteroatoms. The second kappa shape index (κ2) is 9.11. The minimum absolute atomic E-state index is 0.138. The predicted molar refractivity (Wildman–Crippen MR) is 129 cm³/mol. The number of carbonyl (C=O) groups excluding carboxylic acids is 1. The minimum atomic E-state index is -0.622. The van der Waals surface area contributed by atoms with E-state index in [4.69, 9.17) is 21.3 Å². The van der Waals surface area contributed by atoms with Crippen LogP contribution in [-0.4, -0.2) is 21.4 Å². The number of nitrogens with one attached hydrogen (secondary N) is 1. The first-order valence-corrected chi connectivity index (χ1v) is 11.0. The number of hydrogen-bond donors (Lipinski definition) is 1. The van der Waals surface area contributed by atoms with Crippen LogP contribution in [0.2, 0.25) is 5.02 Å². The third-order valence-corrected chi connectivity index (χ3v) is 5.78. The van der Waals surface area contributed by atoms with Crippen molar-refractivity contribution in [3.63, 3.8) is 0 Å². The average Bonchev–Trinajstić information content (AvgIpc) is 3.03. The van der Waals surface area contributed by atoms with Crippen LogP contribution in [0, 0.1) is 12.7 Å². The molecule has 1 N–H and O–H groups in total. The van der Waals surface area contributed by atoms with Gasteiger partial charge in [-0.2, -0.15) is 0 Å². The number of nitrogens with zero attached hydrogens (tertiary/aromatic N) is 3. The summed E-state index contributed by atoms with van der Waals surface area (Å²) in [6.45, 7) is 2.14. The van der Waals surface area contributed by atoms with E-state index < -0.39 is 6.09 Å². The summed E-state index contributed by atoms with van der Waals surface area (Å²) in [4.78, 5) is 21.8. The van der Waals surface area contributed by atoms with Gasteiger partial charge in [0.1, 0.15) is 18.2 Å². The number of carbonyl (C=O) groups is 1. The van der Waals surface area contributed by atoms with E-state index in [0.29, 0.717) is 39.2 Å². The Morgan fingerprint density at radius 2 is 1.85 bits per heavy atom. The SMILES string of the molecule is Cc1nc(NC(=O)OCc2ccccc2)c2n1-c1ccc(Cl)cc1C(c1ccccc1F)=NC2. The molecule has 0 aliphatic carbocycles. The summed E-state index contributed by atoms with van der Waals surface area (Å²) in [7, 11) is 0. The van der Waals surface area contributed by atoms with Crippen molar-refractivity contribution in [2.45, 2.75) is 20.1 Å². The van der Waals surface area contributed by atoms with E-state index in [-0.39, 0.29) is 19.0 Å². The Bertz CT molecular complexity index is 1420. The zero-order valence-corrected chi connectivity index (χ0v) is 19.0. The van der Waals surface area contributed by atoms with E-state index in [9.17, 15) is 9.18 Å². The number of aromatic nitrogens is 2. The lowest BCUT2D eigenvalue weighted by atomic mass is 10.00. The summed E-state index contributed by atoms with van der Waals surface area (Å²) in [5.41, 5.74) is 3.81. The molecule has 1 aliphatic rings. The number of anilines is 1. The van der Waals surface area contributed by atoms with Crippen molar-refractivity contribution in [3.8, 4) is 5.69 Å². The Morgan fingerprint density at radius 1 is 1.09 bits per heavy atom. The van der Waals surface area contributed by atoms with Gasteiger partial charge in [0.05, 0.1) is 23.6 Å². The van der Waals surface area contributed by atoms with Crippen molar-refractivity contribution in [1.82, 2.24) is 9.55 Å². The van der Waals surface area contributed by atoms with Gasteiger partial charge in [-0.3, -0.25) is 14.9 Å². The molecule has 0 saturated heterocycles. The molecule has 0 saturated carbocycles. The smallest absolute Gasteiger partial charge is 0.413 e. The van der Waals surface area contributed by atoms with Crippen molar-refractivity contribution in [1.29, 1.82) is 0 Å². The number of benzene rings is 3. The molecule has 1 aliphatic heterocycles. The Morgan fingerprint density at radius 3 is 2.65 bits per heavy atom. The topological polar surface area (TPSA) is 68.5 Å². The van der Waals surface area contributed by atoms with Crippen molar-refractivity contribution >= 4 is 29.2 Å². The number of amides is 1. The van der Waals surface area contributed by atoms with Gasteiger partial charge in [0.25, 0.3) is 0 Å². The highest BCUT2D eigenvalue weighted by Crippen LogP contribution is 2.32. The van der Waals surface area contributed by atoms with Gasteiger partial charge in [0.15, 0.2) is 5.82 Å². The van der Waals surface area contributed by atoms with Crippen LogP contribution in [-0.2, 0) is 17.9 Å². The summed E-state index contributed by atoms with van der Waals surface area (Å²) in [6, 6.07) is 21.3. The molecule has 5 rings (SSSR count). The van der Waals surface area contributed by atoms with Crippen LogP contribution >= 0.6 is 11.6 Å². The summed E-state index contributed by atoms with van der Waals surface area (Å²) in [6.07, 6.45) is -0.622. The lowest BCUT2D eigenvalue weighted by molar-refractivity contribution is 0.155. The maximum atomic E-state index is 14.7. The molecule has 0 spiro atoms. The molecule has 34 heavy (non-hydrogen) atoms. The highest BCUT2D eigenvalue weighted by atomic mass is 35.5. The number of halogens is 2. The van der Waals surface area contributed by atoms with Crippen LogP contribution in [0.25, 0.3) is 5.69 Å². The molecule has 0 atom stereocenters. The standard InChI is InChI=1S/C26H20ClFN4O2/c1-16-30-25(31-26(33)34-15-17-7-3-2-4-8-17)23-14-29-24(19-9-5-6-10-21(19)28)20-13-18(27)11-12-22(20)32(16)23/h2-13H,14-15H2,1H3,(H,31,33). The van der Waals surface area contributed by atoms with Crippen LogP contribution in [0.15, 0.2) is 77.8 Å². The number of ether oxygens (including phenoxy) is 1. The van der Waals surface area contributed by atoms with Gasteiger partial charge >= 0.3 is 6.09 Å². The molecule has 0 unspecified atom stereocenters. The van der Waals surface area contributed by atoms with Crippen LogP contribution in [0.1, 0.15) is 28.2 Å². The number of hydrogen-bond acceptors (Lipinski definition) is 4. The van der Waals surface area contributed by atoms with E-state index in [1.807, 2.05) is 47.9 Å². The van der Waals surface area contributed by atoms with Gasteiger partial charge in [0.2, 0.25) is 0 Å². The first kappa shape index (κ1) is 21.9. The lowest BCUT2D eigenvalue weighted by Gasteiger charge is -2.14. The molecule has 1 aromatic heterocycles. The third kappa shape index (κ3) is 4.18. The third-order valence-electron chi connectivity index (χ3n) is 5.54. The Labute approximate surface area is 200 Å². The normalized spacial score (nSPS) is 12.3. The Balaban J connectivity index is 1.51. The molecular weight excluding hydrogens is 455 g/mol. The van der Waals surface area contributed by atoms with Crippen molar-refractivity contribution in [3.05, 3.63) is 112 Å².